The highest BCUT2D eigenvalue weighted by atomic mass is 19.2. The summed E-state index contributed by atoms with van der Waals surface area (Å²) in [7, 11) is 0. The van der Waals surface area contributed by atoms with Crippen molar-refractivity contribution in [1.82, 2.24) is 0 Å². The highest BCUT2D eigenvalue weighted by molar-refractivity contribution is 5.61. The van der Waals surface area contributed by atoms with Gasteiger partial charge in [-0.05, 0) is 118 Å². The maximum Gasteiger partial charge on any atom is 0.190 e. The predicted octanol–water partition coefficient (Wildman–Crippen LogP) is 10.9. The molecule has 224 valence electrons. The van der Waals surface area contributed by atoms with Crippen LogP contribution in [-0.2, 0) is 6.42 Å². The van der Waals surface area contributed by atoms with Gasteiger partial charge in [0.1, 0.15) is 17.5 Å². The van der Waals surface area contributed by atoms with Crippen LogP contribution in [0.2, 0.25) is 0 Å². The number of ether oxygens (including phenoxy) is 1. The first-order valence-corrected chi connectivity index (χ1v) is 15.0. The second-order valence-corrected chi connectivity index (χ2v) is 11.7. The number of aryl methyl sites for hydroxylation is 1. The van der Waals surface area contributed by atoms with E-state index < -0.39 is 40.5 Å². The maximum absolute atomic E-state index is 14.9. The molecule has 0 bridgehead atoms. The molecule has 0 heterocycles. The van der Waals surface area contributed by atoms with Crippen LogP contribution in [-0.4, -0.2) is 6.61 Å². The first-order valence-electron chi connectivity index (χ1n) is 15.0. The monoisotopic (exact) mass is 578 g/mol. The Morgan fingerprint density at radius 2 is 1.39 bits per heavy atom. The Morgan fingerprint density at radius 3 is 1.93 bits per heavy atom. The highest BCUT2D eigenvalue weighted by Gasteiger charge is 2.33. The van der Waals surface area contributed by atoms with E-state index in [9.17, 15) is 26.3 Å². The smallest absolute Gasteiger partial charge is 0.190 e. The van der Waals surface area contributed by atoms with Crippen LogP contribution >= 0.6 is 0 Å². The van der Waals surface area contributed by atoms with Crippen molar-refractivity contribution in [2.45, 2.75) is 89.9 Å². The van der Waals surface area contributed by atoms with Crippen LogP contribution in [0.1, 0.15) is 100 Å². The zero-order chi connectivity index (χ0) is 29.5. The Balaban J connectivity index is 1.26. The SMILES string of the molecule is C=CCCC(F)=C(F)c1cc(F)c(C2CCC(C3CCC(CCc4cc(F)c(OCC)c(F)c4)CC3)CC2)c(F)c1. The molecule has 1 nitrogen and oxygen atoms in total. The van der Waals surface area contributed by atoms with Crippen molar-refractivity contribution in [3.05, 3.63) is 82.7 Å². The Morgan fingerprint density at radius 1 is 0.829 bits per heavy atom. The van der Waals surface area contributed by atoms with Crippen LogP contribution in [0.5, 0.6) is 5.75 Å². The summed E-state index contributed by atoms with van der Waals surface area (Å²) in [6.07, 6.45) is 10.4. The molecular formula is C34H40F6O. The zero-order valence-electron chi connectivity index (χ0n) is 23.8. The molecule has 0 unspecified atom stereocenters. The average Bonchev–Trinajstić information content (AvgIpc) is 2.96. The summed E-state index contributed by atoms with van der Waals surface area (Å²) >= 11 is 0. The normalized spacial score (nSPS) is 23.7. The van der Waals surface area contributed by atoms with Crippen LogP contribution in [0.15, 0.2) is 42.7 Å². The molecule has 2 saturated carbocycles. The van der Waals surface area contributed by atoms with Gasteiger partial charge in [-0.3, -0.25) is 0 Å². The van der Waals surface area contributed by atoms with Gasteiger partial charge in [0.05, 0.1) is 6.61 Å². The molecule has 4 rings (SSSR count). The fraction of sp³-hybridized carbons (Fsp3) is 0.529. The molecule has 7 heteroatoms. The first kappa shape index (κ1) is 31.2. The summed E-state index contributed by atoms with van der Waals surface area (Å²) in [5, 5.41) is 0. The molecule has 0 N–H and O–H groups in total. The molecule has 0 atom stereocenters. The number of hydrogen-bond donors (Lipinski definition) is 0. The lowest BCUT2D eigenvalue weighted by atomic mass is 9.67. The molecule has 2 aliphatic rings. The third-order valence-electron chi connectivity index (χ3n) is 9.06. The lowest BCUT2D eigenvalue weighted by Gasteiger charge is -2.38. The Labute approximate surface area is 239 Å². The van der Waals surface area contributed by atoms with Gasteiger partial charge in [0, 0.05) is 17.5 Å². The molecule has 0 amide bonds. The van der Waals surface area contributed by atoms with Crippen LogP contribution in [0.4, 0.5) is 26.3 Å². The highest BCUT2D eigenvalue weighted by Crippen LogP contribution is 2.45. The predicted molar refractivity (Wildman–Crippen MR) is 151 cm³/mol. The topological polar surface area (TPSA) is 9.23 Å². The minimum atomic E-state index is -1.23. The molecule has 0 aromatic heterocycles. The Kier molecular flexibility index (Phi) is 11.0. The largest absolute Gasteiger partial charge is 0.488 e. The van der Waals surface area contributed by atoms with Crippen LogP contribution in [0.25, 0.3) is 5.83 Å². The van der Waals surface area contributed by atoms with Crippen molar-refractivity contribution in [3.8, 4) is 5.75 Å². The van der Waals surface area contributed by atoms with Gasteiger partial charge in [0.2, 0.25) is 0 Å². The van der Waals surface area contributed by atoms with Crippen molar-refractivity contribution < 1.29 is 31.1 Å². The summed E-state index contributed by atoms with van der Waals surface area (Å²) in [4.78, 5) is 0. The van der Waals surface area contributed by atoms with Crippen molar-refractivity contribution in [2.24, 2.45) is 17.8 Å². The quantitative estimate of drug-likeness (QED) is 0.190. The number of halogens is 6. The molecule has 0 radical (unpaired) electrons. The van der Waals surface area contributed by atoms with E-state index in [1.807, 2.05) is 0 Å². The second-order valence-electron chi connectivity index (χ2n) is 11.7. The molecule has 0 spiro atoms. The van der Waals surface area contributed by atoms with E-state index in [0.29, 0.717) is 42.6 Å². The van der Waals surface area contributed by atoms with Gasteiger partial charge in [-0.2, -0.15) is 0 Å². The van der Waals surface area contributed by atoms with Crippen LogP contribution < -0.4 is 4.74 Å². The van der Waals surface area contributed by atoms with Gasteiger partial charge in [-0.1, -0.05) is 18.9 Å². The first-order chi connectivity index (χ1) is 19.7. The fourth-order valence-corrected chi connectivity index (χ4v) is 6.83. The average molecular weight is 579 g/mol. The number of hydrogen-bond acceptors (Lipinski definition) is 1. The van der Waals surface area contributed by atoms with Gasteiger partial charge >= 0.3 is 0 Å². The molecule has 2 fully saturated rings. The zero-order valence-corrected chi connectivity index (χ0v) is 23.8. The molecule has 0 saturated heterocycles. The van der Waals surface area contributed by atoms with Crippen LogP contribution in [0, 0.1) is 41.0 Å². The van der Waals surface area contributed by atoms with Crippen molar-refractivity contribution >= 4 is 5.83 Å². The minimum Gasteiger partial charge on any atom is -0.488 e. The van der Waals surface area contributed by atoms with Gasteiger partial charge in [-0.15, -0.1) is 6.58 Å². The number of allylic oxidation sites excluding steroid dienone is 2. The maximum atomic E-state index is 14.9. The molecule has 2 aromatic carbocycles. The third kappa shape index (κ3) is 7.78. The summed E-state index contributed by atoms with van der Waals surface area (Å²) in [5.74, 6) is -4.21. The number of benzene rings is 2. The van der Waals surface area contributed by atoms with Crippen molar-refractivity contribution in [3.63, 3.8) is 0 Å². The van der Waals surface area contributed by atoms with Gasteiger partial charge in [0.15, 0.2) is 23.2 Å². The van der Waals surface area contributed by atoms with Gasteiger partial charge < -0.3 is 4.74 Å². The lowest BCUT2D eigenvalue weighted by molar-refractivity contribution is 0.155. The lowest BCUT2D eigenvalue weighted by Crippen LogP contribution is -2.26. The van der Waals surface area contributed by atoms with Crippen molar-refractivity contribution in [2.75, 3.05) is 6.61 Å². The van der Waals surface area contributed by atoms with Crippen molar-refractivity contribution in [1.29, 1.82) is 0 Å². The Hall–Kier alpha value is -2.70. The molecule has 41 heavy (non-hydrogen) atoms. The standard InChI is InChI=1S/C34H40F6O/c1-3-5-6-27(35)33(40)26-19-28(36)32(29(37)20-26)25-15-13-24(14-16-25)23-11-9-21(10-12-23)7-8-22-17-30(38)34(41-4-2)31(39)18-22/h3,17-21,23-25H,1,4-16H2,2H3. The van der Waals surface area contributed by atoms with E-state index in [0.717, 1.165) is 57.1 Å². The summed E-state index contributed by atoms with van der Waals surface area (Å²) in [5.41, 5.74) is 0.221. The summed E-state index contributed by atoms with van der Waals surface area (Å²) in [6, 6.07) is 4.55. The molecule has 2 aliphatic carbocycles. The van der Waals surface area contributed by atoms with E-state index in [-0.39, 0.29) is 36.7 Å². The summed E-state index contributed by atoms with van der Waals surface area (Å²) < 4.78 is 91.7. The number of rotatable bonds is 11. The molecular weight excluding hydrogens is 538 g/mol. The summed E-state index contributed by atoms with van der Waals surface area (Å²) in [6.45, 7) is 5.36. The van der Waals surface area contributed by atoms with E-state index in [4.69, 9.17) is 4.74 Å². The van der Waals surface area contributed by atoms with E-state index in [2.05, 4.69) is 6.58 Å². The minimum absolute atomic E-state index is 0.0163. The van der Waals surface area contributed by atoms with Gasteiger partial charge in [-0.25, -0.2) is 26.3 Å². The molecule has 0 aliphatic heterocycles. The molecule has 2 aromatic rings. The third-order valence-corrected chi connectivity index (χ3v) is 9.06. The van der Waals surface area contributed by atoms with E-state index >= 15 is 0 Å². The van der Waals surface area contributed by atoms with Crippen LogP contribution in [0.3, 0.4) is 0 Å². The fourth-order valence-electron chi connectivity index (χ4n) is 6.83. The van der Waals surface area contributed by atoms with E-state index in [1.54, 1.807) is 6.92 Å². The Bertz CT molecular complexity index is 1180. The second kappa shape index (κ2) is 14.5. The van der Waals surface area contributed by atoms with Gasteiger partial charge in [0.25, 0.3) is 0 Å². The van der Waals surface area contributed by atoms with E-state index in [1.165, 1.54) is 18.2 Å².